The number of amides is 1. The van der Waals surface area contributed by atoms with E-state index < -0.39 is 17.8 Å². The molecule has 0 bridgehead atoms. The summed E-state index contributed by atoms with van der Waals surface area (Å²) < 4.78 is 33.1. The van der Waals surface area contributed by atoms with Crippen LogP contribution in [0.25, 0.3) is 5.69 Å². The molecule has 27 heavy (non-hydrogen) atoms. The number of nitrogens with one attached hydrogen (secondary N) is 1. The minimum atomic E-state index is -0.958. The van der Waals surface area contributed by atoms with E-state index in [2.05, 4.69) is 10.4 Å². The highest BCUT2D eigenvalue weighted by Gasteiger charge is 2.13. The Labute approximate surface area is 154 Å². The highest BCUT2D eigenvalue weighted by molar-refractivity contribution is 5.93. The summed E-state index contributed by atoms with van der Waals surface area (Å²) in [5.41, 5.74) is 0.453. The zero-order valence-electron chi connectivity index (χ0n) is 14.2. The molecule has 0 fully saturated rings. The smallest absolute Gasteiger partial charge is 0.254 e. The largest absolute Gasteiger partial charge is 0.491 e. The number of carbonyl (C=O) groups is 1. The number of nitrogens with zero attached hydrogens (tertiary/aromatic N) is 2. The summed E-state index contributed by atoms with van der Waals surface area (Å²) in [5, 5.41) is 16.4. The average molecular weight is 373 g/mol. The summed E-state index contributed by atoms with van der Waals surface area (Å²) in [6.45, 7) is -0.120. The molecule has 140 valence electrons. The number of halogens is 2. The van der Waals surface area contributed by atoms with Crippen molar-refractivity contribution in [2.45, 2.75) is 6.10 Å². The van der Waals surface area contributed by atoms with E-state index in [0.717, 1.165) is 0 Å². The van der Waals surface area contributed by atoms with Gasteiger partial charge >= 0.3 is 0 Å². The molecule has 0 saturated carbocycles. The summed E-state index contributed by atoms with van der Waals surface area (Å²) >= 11 is 0. The van der Waals surface area contributed by atoms with E-state index in [4.69, 9.17) is 4.74 Å². The Kier molecular flexibility index (Phi) is 5.77. The average Bonchev–Trinajstić information content (AvgIpc) is 3.16. The number of hydrogen-bond acceptors (Lipinski definition) is 4. The van der Waals surface area contributed by atoms with Gasteiger partial charge in [-0.15, -0.1) is 0 Å². The fraction of sp³-hybridized carbons (Fsp3) is 0.158. The normalized spacial score (nSPS) is 11.8. The number of hydrogen-bond donors (Lipinski definition) is 2. The van der Waals surface area contributed by atoms with Gasteiger partial charge in [-0.1, -0.05) is 12.1 Å². The van der Waals surface area contributed by atoms with E-state index in [-0.39, 0.29) is 30.2 Å². The van der Waals surface area contributed by atoms with Crippen LogP contribution in [0.2, 0.25) is 0 Å². The van der Waals surface area contributed by atoms with Crippen molar-refractivity contribution in [1.29, 1.82) is 0 Å². The first-order valence-electron chi connectivity index (χ1n) is 8.17. The van der Waals surface area contributed by atoms with Crippen LogP contribution in [-0.2, 0) is 0 Å². The number of aliphatic hydroxyl groups excluding tert-OH is 1. The molecule has 6 nitrogen and oxygen atoms in total. The summed E-state index contributed by atoms with van der Waals surface area (Å²) in [7, 11) is 0. The molecule has 1 heterocycles. The summed E-state index contributed by atoms with van der Waals surface area (Å²) in [6, 6.07) is 11.4. The van der Waals surface area contributed by atoms with Crippen molar-refractivity contribution in [3.05, 3.63) is 78.1 Å². The fourth-order valence-electron chi connectivity index (χ4n) is 2.30. The van der Waals surface area contributed by atoms with Crippen LogP contribution >= 0.6 is 0 Å². The zero-order valence-corrected chi connectivity index (χ0v) is 14.2. The van der Waals surface area contributed by atoms with E-state index in [9.17, 15) is 18.7 Å². The van der Waals surface area contributed by atoms with Gasteiger partial charge < -0.3 is 15.2 Å². The Balaban J connectivity index is 1.50. The number of ether oxygens (including phenoxy) is 1. The van der Waals surface area contributed by atoms with Gasteiger partial charge in [0.05, 0.1) is 11.8 Å². The first-order chi connectivity index (χ1) is 13.0. The quantitative estimate of drug-likeness (QED) is 0.666. The molecule has 1 amide bonds. The van der Waals surface area contributed by atoms with Crippen molar-refractivity contribution in [1.82, 2.24) is 15.1 Å². The number of rotatable bonds is 7. The SMILES string of the molecule is O=C(NC[C@H](O)COc1ccc(F)cc1)c1cnn(-c2ccccc2F)c1. The van der Waals surface area contributed by atoms with E-state index in [1.165, 1.54) is 47.4 Å². The number of carbonyl (C=O) groups excluding carboxylic acids is 1. The maximum Gasteiger partial charge on any atom is 0.254 e. The van der Waals surface area contributed by atoms with Gasteiger partial charge in [0.25, 0.3) is 5.91 Å². The van der Waals surface area contributed by atoms with Gasteiger partial charge in [-0.3, -0.25) is 4.79 Å². The molecule has 0 spiro atoms. The third-order valence-electron chi connectivity index (χ3n) is 3.70. The van der Waals surface area contributed by atoms with Crippen LogP contribution in [0.5, 0.6) is 5.75 Å². The minimum Gasteiger partial charge on any atom is -0.491 e. The van der Waals surface area contributed by atoms with Gasteiger partial charge in [-0.25, -0.2) is 13.5 Å². The Morgan fingerprint density at radius 3 is 2.67 bits per heavy atom. The highest BCUT2D eigenvalue weighted by atomic mass is 19.1. The monoisotopic (exact) mass is 373 g/mol. The van der Waals surface area contributed by atoms with Crippen molar-refractivity contribution in [3.8, 4) is 11.4 Å². The van der Waals surface area contributed by atoms with Crippen LogP contribution in [0.4, 0.5) is 8.78 Å². The van der Waals surface area contributed by atoms with Gasteiger partial charge in [0.2, 0.25) is 0 Å². The fourth-order valence-corrected chi connectivity index (χ4v) is 2.30. The molecule has 3 rings (SSSR count). The molecule has 8 heteroatoms. The third-order valence-corrected chi connectivity index (χ3v) is 3.70. The summed E-state index contributed by atoms with van der Waals surface area (Å²) in [5.74, 6) is -0.890. The second-order valence-corrected chi connectivity index (χ2v) is 5.75. The van der Waals surface area contributed by atoms with Crippen LogP contribution in [0.3, 0.4) is 0 Å². The molecule has 0 aliphatic rings. The van der Waals surface area contributed by atoms with Crippen LogP contribution in [0.1, 0.15) is 10.4 Å². The molecule has 0 saturated heterocycles. The molecule has 2 aromatic carbocycles. The molecule has 2 N–H and O–H groups in total. The minimum absolute atomic E-state index is 0.0507. The Morgan fingerprint density at radius 2 is 1.93 bits per heavy atom. The standard InChI is InChI=1S/C19H17F2N3O3/c20-14-5-7-16(8-6-14)27-12-15(25)10-22-19(26)13-9-23-24(11-13)18-4-2-1-3-17(18)21/h1-9,11,15,25H,10,12H2,(H,22,26)/t15-/m0/s1. The topological polar surface area (TPSA) is 76.4 Å². The molecular weight excluding hydrogens is 356 g/mol. The molecule has 1 atom stereocenters. The Bertz CT molecular complexity index is 913. The van der Waals surface area contributed by atoms with Gasteiger partial charge in [0.15, 0.2) is 0 Å². The van der Waals surface area contributed by atoms with Crippen LogP contribution in [0, 0.1) is 11.6 Å². The molecule has 0 aliphatic carbocycles. The van der Waals surface area contributed by atoms with Crippen molar-refractivity contribution in [3.63, 3.8) is 0 Å². The van der Waals surface area contributed by atoms with E-state index in [1.54, 1.807) is 18.2 Å². The van der Waals surface area contributed by atoms with Gasteiger partial charge in [-0.2, -0.15) is 5.10 Å². The lowest BCUT2D eigenvalue weighted by molar-refractivity contribution is 0.0843. The summed E-state index contributed by atoms with van der Waals surface area (Å²) in [6.07, 6.45) is 1.75. The Morgan fingerprint density at radius 1 is 1.19 bits per heavy atom. The molecule has 0 unspecified atom stereocenters. The lowest BCUT2D eigenvalue weighted by Gasteiger charge is -2.13. The maximum absolute atomic E-state index is 13.8. The lowest BCUT2D eigenvalue weighted by Crippen LogP contribution is -2.35. The van der Waals surface area contributed by atoms with Crippen LogP contribution < -0.4 is 10.1 Å². The first-order valence-corrected chi connectivity index (χ1v) is 8.17. The van der Waals surface area contributed by atoms with Crippen molar-refractivity contribution in [2.24, 2.45) is 0 Å². The first kappa shape index (κ1) is 18.5. The van der Waals surface area contributed by atoms with Gasteiger partial charge in [0, 0.05) is 12.7 Å². The predicted octanol–water partition coefficient (Wildman–Crippen LogP) is 2.32. The number of aromatic nitrogens is 2. The maximum atomic E-state index is 13.8. The van der Waals surface area contributed by atoms with E-state index >= 15 is 0 Å². The van der Waals surface area contributed by atoms with Gasteiger partial charge in [0.1, 0.15) is 35.8 Å². The molecule has 1 aromatic heterocycles. The zero-order chi connectivity index (χ0) is 19.2. The summed E-state index contributed by atoms with van der Waals surface area (Å²) in [4.78, 5) is 12.1. The van der Waals surface area contributed by atoms with E-state index in [1.807, 2.05) is 0 Å². The second kappa shape index (κ2) is 8.41. The van der Waals surface area contributed by atoms with Crippen molar-refractivity contribution < 1.29 is 23.4 Å². The Hall–Kier alpha value is -3.26. The number of para-hydroxylation sites is 1. The van der Waals surface area contributed by atoms with Crippen LogP contribution in [0.15, 0.2) is 60.9 Å². The number of aliphatic hydroxyl groups is 1. The van der Waals surface area contributed by atoms with E-state index in [0.29, 0.717) is 5.75 Å². The predicted molar refractivity (Wildman–Crippen MR) is 93.8 cm³/mol. The molecule has 0 radical (unpaired) electrons. The highest BCUT2D eigenvalue weighted by Crippen LogP contribution is 2.13. The molecular formula is C19H17F2N3O3. The van der Waals surface area contributed by atoms with Gasteiger partial charge in [-0.05, 0) is 36.4 Å². The number of benzene rings is 2. The molecule has 3 aromatic rings. The second-order valence-electron chi connectivity index (χ2n) is 5.75. The van der Waals surface area contributed by atoms with Crippen molar-refractivity contribution >= 4 is 5.91 Å². The lowest BCUT2D eigenvalue weighted by atomic mass is 10.3. The van der Waals surface area contributed by atoms with Crippen LogP contribution in [-0.4, -0.2) is 40.0 Å². The van der Waals surface area contributed by atoms with Crippen molar-refractivity contribution in [2.75, 3.05) is 13.2 Å². The third kappa shape index (κ3) is 4.89. The molecule has 0 aliphatic heterocycles.